The summed E-state index contributed by atoms with van der Waals surface area (Å²) in [5, 5.41) is 10.8. The van der Waals surface area contributed by atoms with Crippen LogP contribution in [-0.4, -0.2) is 66.2 Å². The van der Waals surface area contributed by atoms with E-state index in [1.807, 2.05) is 0 Å². The number of benzene rings is 1. The van der Waals surface area contributed by atoms with Gasteiger partial charge in [-0.2, -0.15) is 39.5 Å². The molecule has 14 heteroatoms. The number of morpholine rings is 1. The molecule has 0 aromatic heterocycles. The minimum absolute atomic E-state index is 0.0616. The first-order valence-corrected chi connectivity index (χ1v) is 9.77. The maximum Gasteiger partial charge on any atom is 0.460 e. The fourth-order valence-corrected chi connectivity index (χ4v) is 3.52. The minimum Gasteiger partial charge on any atom is -0.378 e. The molecule has 1 fully saturated rings. The van der Waals surface area contributed by atoms with Crippen molar-refractivity contribution in [2.45, 2.75) is 36.5 Å². The lowest BCUT2D eigenvalue weighted by atomic mass is 9.73. The SMILES string of the molecule is C[C@H](C(=O)N1CCOCC1)[C@](O)(c1ccc(Br)cc1)C(F)(F)C(F)(F)C(F)(F)C(F)(F)F. The molecule has 4 nitrogen and oxygen atoms in total. The van der Waals surface area contributed by atoms with E-state index in [9.17, 15) is 40.6 Å². The van der Waals surface area contributed by atoms with E-state index in [4.69, 9.17) is 4.74 Å². The molecule has 1 aliphatic rings. The first kappa shape index (κ1) is 26.7. The van der Waals surface area contributed by atoms with Crippen LogP contribution in [0.3, 0.4) is 0 Å². The Balaban J connectivity index is 2.69. The molecular weight excluding hydrogens is 529 g/mol. The van der Waals surface area contributed by atoms with Crippen molar-refractivity contribution in [3.63, 3.8) is 0 Å². The summed E-state index contributed by atoms with van der Waals surface area (Å²) in [6, 6.07) is 3.15. The normalized spacial score (nSPS) is 19.4. The second-order valence-corrected chi connectivity index (χ2v) is 8.07. The van der Waals surface area contributed by atoms with Crippen LogP contribution >= 0.6 is 15.9 Å². The van der Waals surface area contributed by atoms with E-state index in [0.29, 0.717) is 19.1 Å². The van der Waals surface area contributed by atoms with E-state index in [1.165, 1.54) is 0 Å². The Morgan fingerprint density at radius 2 is 1.41 bits per heavy atom. The lowest BCUT2D eigenvalue weighted by Gasteiger charge is -2.46. The van der Waals surface area contributed by atoms with Crippen molar-refractivity contribution in [2.24, 2.45) is 5.92 Å². The van der Waals surface area contributed by atoms with Crippen LogP contribution < -0.4 is 0 Å². The highest BCUT2D eigenvalue weighted by Crippen LogP contribution is 2.60. The van der Waals surface area contributed by atoms with Gasteiger partial charge in [0.1, 0.15) is 0 Å². The van der Waals surface area contributed by atoms with Gasteiger partial charge in [0.15, 0.2) is 5.60 Å². The molecule has 2 rings (SSSR count). The molecule has 0 saturated carbocycles. The highest BCUT2D eigenvalue weighted by molar-refractivity contribution is 9.10. The molecule has 182 valence electrons. The molecule has 1 heterocycles. The van der Waals surface area contributed by atoms with Crippen LogP contribution in [-0.2, 0) is 15.1 Å². The maximum absolute atomic E-state index is 15.1. The highest BCUT2D eigenvalue weighted by Gasteiger charge is 2.86. The van der Waals surface area contributed by atoms with Crippen LogP contribution in [0, 0.1) is 5.92 Å². The number of aliphatic hydroxyl groups is 1. The monoisotopic (exact) mass is 545 g/mol. The van der Waals surface area contributed by atoms with Gasteiger partial charge in [-0.3, -0.25) is 4.79 Å². The van der Waals surface area contributed by atoms with Crippen molar-refractivity contribution >= 4 is 21.8 Å². The molecule has 1 aromatic rings. The Labute approximate surface area is 184 Å². The molecule has 0 radical (unpaired) electrons. The molecular formula is C18H17BrF9NO3. The summed E-state index contributed by atoms with van der Waals surface area (Å²) < 4.78 is 129. The van der Waals surface area contributed by atoms with Crippen LogP contribution in [0.15, 0.2) is 28.7 Å². The third-order valence-electron chi connectivity index (χ3n) is 5.23. The standard InChI is InChI=1S/C18H17BrF9NO3/c1-10(13(30)29-6-8-32-9-7-29)14(31,11-2-4-12(19)5-3-11)15(20,21)16(22,23)17(24,25)18(26,27)28/h2-5,10,31H,6-9H2,1H3/t10-,14+/m1/s1. The van der Waals surface area contributed by atoms with E-state index in [1.54, 1.807) is 0 Å². The van der Waals surface area contributed by atoms with Crippen molar-refractivity contribution in [3.05, 3.63) is 34.3 Å². The van der Waals surface area contributed by atoms with Gasteiger partial charge in [0, 0.05) is 17.6 Å². The van der Waals surface area contributed by atoms with Gasteiger partial charge in [0.05, 0.1) is 19.1 Å². The predicted octanol–water partition coefficient (Wildman–Crippen LogP) is 4.60. The molecule has 1 N–H and O–H groups in total. The summed E-state index contributed by atoms with van der Waals surface area (Å²) in [6.07, 6.45) is -7.07. The molecule has 0 bridgehead atoms. The Kier molecular flexibility index (Phi) is 7.24. The second-order valence-electron chi connectivity index (χ2n) is 7.15. The van der Waals surface area contributed by atoms with Gasteiger partial charge in [-0.15, -0.1) is 0 Å². The zero-order valence-electron chi connectivity index (χ0n) is 16.2. The fraction of sp³-hybridized carbons (Fsp3) is 0.611. The number of ether oxygens (including phenoxy) is 1. The highest BCUT2D eigenvalue weighted by atomic mass is 79.9. The fourth-order valence-electron chi connectivity index (χ4n) is 3.26. The maximum atomic E-state index is 15.1. The van der Waals surface area contributed by atoms with E-state index >= 15 is 8.78 Å². The van der Waals surface area contributed by atoms with Crippen LogP contribution in [0.2, 0.25) is 0 Å². The summed E-state index contributed by atoms with van der Waals surface area (Å²) in [4.78, 5) is 13.6. The number of hydrogen-bond donors (Lipinski definition) is 1. The van der Waals surface area contributed by atoms with E-state index in [2.05, 4.69) is 15.9 Å². The third-order valence-corrected chi connectivity index (χ3v) is 5.76. The average Bonchev–Trinajstić information content (AvgIpc) is 2.72. The van der Waals surface area contributed by atoms with Gasteiger partial charge in [-0.1, -0.05) is 35.0 Å². The number of alkyl halides is 9. The van der Waals surface area contributed by atoms with Gasteiger partial charge in [-0.25, -0.2) is 0 Å². The second kappa shape index (κ2) is 8.67. The number of nitrogens with zero attached hydrogens (tertiary/aromatic N) is 1. The van der Waals surface area contributed by atoms with Crippen LogP contribution in [0.4, 0.5) is 39.5 Å². The summed E-state index contributed by atoms with van der Waals surface area (Å²) in [5.41, 5.74) is -5.60. The smallest absolute Gasteiger partial charge is 0.378 e. The Morgan fingerprint density at radius 3 is 1.84 bits per heavy atom. The Morgan fingerprint density at radius 1 is 0.938 bits per heavy atom. The Hall–Kier alpha value is -1.54. The summed E-state index contributed by atoms with van der Waals surface area (Å²) in [6.45, 7) is 0.0395. The van der Waals surface area contributed by atoms with Gasteiger partial charge < -0.3 is 14.7 Å². The van der Waals surface area contributed by atoms with Crippen LogP contribution in [0.1, 0.15) is 12.5 Å². The number of carbonyl (C=O) groups excluding carboxylic acids is 1. The van der Waals surface area contributed by atoms with Crippen molar-refractivity contribution in [2.75, 3.05) is 26.3 Å². The number of carbonyl (C=O) groups is 1. The van der Waals surface area contributed by atoms with E-state index in [-0.39, 0.29) is 30.8 Å². The van der Waals surface area contributed by atoms with Crippen molar-refractivity contribution in [1.82, 2.24) is 4.90 Å². The van der Waals surface area contributed by atoms with E-state index < -0.39 is 46.9 Å². The number of amides is 1. The molecule has 0 aliphatic carbocycles. The summed E-state index contributed by atoms with van der Waals surface area (Å²) >= 11 is 2.91. The Bertz CT molecular complexity index is 826. The van der Waals surface area contributed by atoms with Crippen LogP contribution in [0.25, 0.3) is 0 Å². The van der Waals surface area contributed by atoms with Crippen molar-refractivity contribution in [1.29, 1.82) is 0 Å². The lowest BCUT2D eigenvalue weighted by molar-refractivity contribution is -0.421. The van der Waals surface area contributed by atoms with Gasteiger partial charge in [0.2, 0.25) is 5.91 Å². The first-order chi connectivity index (χ1) is 14.4. The minimum atomic E-state index is -7.23. The lowest BCUT2D eigenvalue weighted by Crippen LogP contribution is -2.70. The molecule has 1 aromatic carbocycles. The molecule has 1 aliphatic heterocycles. The summed E-state index contributed by atoms with van der Waals surface area (Å²) in [5.74, 6) is -24.7. The topological polar surface area (TPSA) is 49.8 Å². The zero-order chi connectivity index (χ0) is 24.8. The van der Waals surface area contributed by atoms with Crippen molar-refractivity contribution in [3.8, 4) is 0 Å². The van der Waals surface area contributed by atoms with Gasteiger partial charge in [0.25, 0.3) is 0 Å². The number of halogens is 10. The molecule has 0 unspecified atom stereocenters. The molecule has 1 saturated heterocycles. The number of rotatable bonds is 6. The zero-order valence-corrected chi connectivity index (χ0v) is 17.8. The van der Waals surface area contributed by atoms with Crippen molar-refractivity contribution < 1.29 is 54.2 Å². The van der Waals surface area contributed by atoms with Crippen LogP contribution in [0.5, 0.6) is 0 Å². The first-order valence-electron chi connectivity index (χ1n) is 8.98. The largest absolute Gasteiger partial charge is 0.460 e. The summed E-state index contributed by atoms with van der Waals surface area (Å²) in [7, 11) is 0. The molecule has 0 spiro atoms. The predicted molar refractivity (Wildman–Crippen MR) is 95.5 cm³/mol. The average molecular weight is 546 g/mol. The molecule has 1 amide bonds. The van der Waals surface area contributed by atoms with Gasteiger partial charge in [-0.05, 0) is 17.7 Å². The number of hydrogen-bond acceptors (Lipinski definition) is 3. The third kappa shape index (κ3) is 4.09. The molecule has 2 atom stereocenters. The van der Waals surface area contributed by atoms with Gasteiger partial charge >= 0.3 is 23.9 Å². The quantitative estimate of drug-likeness (QED) is 0.531. The molecule has 32 heavy (non-hydrogen) atoms. The van der Waals surface area contributed by atoms with E-state index in [0.717, 1.165) is 17.0 Å².